The summed E-state index contributed by atoms with van der Waals surface area (Å²) in [5.74, 6) is 1.16. The van der Waals surface area contributed by atoms with Crippen molar-refractivity contribution in [3.8, 4) is 23.0 Å². The minimum absolute atomic E-state index is 0.0352. The molecule has 2 N–H and O–H groups in total. The van der Waals surface area contributed by atoms with Crippen LogP contribution in [0.3, 0.4) is 0 Å². The summed E-state index contributed by atoms with van der Waals surface area (Å²) in [5.41, 5.74) is 6.52. The third kappa shape index (κ3) is 4.98. The lowest BCUT2D eigenvalue weighted by Crippen LogP contribution is -2.35. The number of aromatic amines is 1. The average molecular weight is 551 g/mol. The van der Waals surface area contributed by atoms with E-state index in [4.69, 9.17) is 29.4 Å². The zero-order valence-electron chi connectivity index (χ0n) is 24.2. The van der Waals surface area contributed by atoms with Gasteiger partial charge in [-0.25, -0.2) is 4.68 Å². The van der Waals surface area contributed by atoms with Gasteiger partial charge in [0.1, 0.15) is 17.8 Å². The monoisotopic (exact) mass is 550 g/mol. The average Bonchev–Trinajstić information content (AvgIpc) is 3.59. The van der Waals surface area contributed by atoms with Gasteiger partial charge in [-0.2, -0.15) is 10.2 Å². The number of fused-ring (bicyclic) bond motifs is 4. The standard InChI is InChI=1S/C28H38N8O4/c1-8-39-27-19-9-10-21-20-11-22(29-18(4)26(20)31-30-21)25-23(15-38-7)32-35(6)28(25)40-14-17(3)34(5)12-24(19)36(33-27)16(2)13-37/h9-11,16-17,37H,8,12-15H2,1-7H3,(H,30,31)/b10-9+. The zero-order valence-corrected chi connectivity index (χ0v) is 24.2. The summed E-state index contributed by atoms with van der Waals surface area (Å²) in [7, 11) is 5.57. The molecule has 0 spiro atoms. The van der Waals surface area contributed by atoms with E-state index in [2.05, 4.69) is 22.0 Å². The number of H-pyrrole nitrogens is 1. The molecule has 1 aliphatic heterocycles. The first-order valence-electron chi connectivity index (χ1n) is 13.5. The Hall–Kier alpha value is -3.74. The molecule has 1 aliphatic rings. The van der Waals surface area contributed by atoms with Gasteiger partial charge in [-0.15, -0.1) is 5.10 Å². The van der Waals surface area contributed by atoms with Crippen LogP contribution in [0.2, 0.25) is 0 Å². The van der Waals surface area contributed by atoms with Crippen LogP contribution in [0.25, 0.3) is 34.3 Å². The van der Waals surface area contributed by atoms with Gasteiger partial charge in [0.05, 0.1) is 59.8 Å². The van der Waals surface area contributed by atoms with Crippen LogP contribution in [0.15, 0.2) is 6.07 Å². The first kappa shape index (κ1) is 27.8. The molecule has 2 atom stereocenters. The molecule has 12 nitrogen and oxygen atoms in total. The number of aromatic nitrogens is 7. The van der Waals surface area contributed by atoms with Crippen molar-refractivity contribution in [3.05, 3.63) is 34.4 Å². The third-order valence-corrected chi connectivity index (χ3v) is 7.36. The maximum atomic E-state index is 10.0. The van der Waals surface area contributed by atoms with Crippen molar-refractivity contribution in [1.82, 2.24) is 39.6 Å². The molecule has 0 amide bonds. The van der Waals surface area contributed by atoms with Gasteiger partial charge < -0.3 is 19.3 Å². The van der Waals surface area contributed by atoms with Crippen molar-refractivity contribution in [2.45, 2.75) is 52.9 Å². The Morgan fingerprint density at radius 2 is 2.05 bits per heavy atom. The van der Waals surface area contributed by atoms with Crippen LogP contribution in [-0.2, 0) is 24.9 Å². The van der Waals surface area contributed by atoms with E-state index < -0.39 is 0 Å². The van der Waals surface area contributed by atoms with E-state index in [9.17, 15) is 5.11 Å². The number of aliphatic hydroxyl groups excluding tert-OH is 1. The van der Waals surface area contributed by atoms with E-state index in [1.165, 1.54) is 0 Å². The topological polar surface area (TPSA) is 128 Å². The van der Waals surface area contributed by atoms with Crippen LogP contribution < -0.4 is 9.47 Å². The molecule has 0 aromatic carbocycles. The molecule has 0 radical (unpaired) electrons. The van der Waals surface area contributed by atoms with Crippen LogP contribution >= 0.6 is 0 Å². The lowest BCUT2D eigenvalue weighted by Gasteiger charge is -2.26. The molecule has 2 unspecified atom stereocenters. The quantitative estimate of drug-likeness (QED) is 0.371. The Bertz CT molecular complexity index is 1540. The highest BCUT2D eigenvalue weighted by Crippen LogP contribution is 2.36. The molecule has 40 heavy (non-hydrogen) atoms. The van der Waals surface area contributed by atoms with Crippen molar-refractivity contribution in [2.75, 3.05) is 34.0 Å². The van der Waals surface area contributed by atoms with Gasteiger partial charge in [0.2, 0.25) is 11.8 Å². The number of hydrogen-bond acceptors (Lipinski definition) is 9. The van der Waals surface area contributed by atoms with Gasteiger partial charge in [0.15, 0.2) is 0 Å². The predicted molar refractivity (Wildman–Crippen MR) is 152 cm³/mol. The Morgan fingerprint density at radius 1 is 1.25 bits per heavy atom. The van der Waals surface area contributed by atoms with Crippen molar-refractivity contribution in [1.29, 1.82) is 0 Å². The minimum Gasteiger partial charge on any atom is -0.476 e. The lowest BCUT2D eigenvalue weighted by molar-refractivity contribution is 0.154. The number of methoxy groups -OCH3 is 1. The van der Waals surface area contributed by atoms with Crippen LogP contribution in [0.5, 0.6) is 11.8 Å². The molecule has 12 heteroatoms. The van der Waals surface area contributed by atoms with Crippen LogP contribution in [0.1, 0.15) is 55.2 Å². The number of hydrogen-bond donors (Lipinski definition) is 2. The number of nitrogens with zero attached hydrogens (tertiary/aromatic N) is 7. The Morgan fingerprint density at radius 3 is 2.77 bits per heavy atom. The summed E-state index contributed by atoms with van der Waals surface area (Å²) in [5, 5.41) is 28.1. The highest BCUT2D eigenvalue weighted by atomic mass is 16.5. The molecule has 0 aliphatic carbocycles. The molecule has 4 aromatic heterocycles. The fourth-order valence-corrected chi connectivity index (χ4v) is 5.02. The van der Waals surface area contributed by atoms with Crippen LogP contribution in [-0.4, -0.2) is 84.8 Å². The van der Waals surface area contributed by atoms with Crippen LogP contribution in [0, 0.1) is 6.92 Å². The summed E-state index contributed by atoms with van der Waals surface area (Å²) < 4.78 is 21.5. The van der Waals surface area contributed by atoms with E-state index in [-0.39, 0.29) is 18.7 Å². The van der Waals surface area contributed by atoms with Gasteiger partial charge in [-0.1, -0.05) is 0 Å². The Kier molecular flexibility index (Phi) is 7.92. The Balaban J connectivity index is 1.75. The minimum atomic E-state index is -0.223. The fraction of sp³-hybridized carbons (Fsp3) is 0.500. The normalized spacial score (nSPS) is 17.6. The van der Waals surface area contributed by atoms with Gasteiger partial charge in [-0.3, -0.25) is 19.7 Å². The molecule has 214 valence electrons. The van der Waals surface area contributed by atoms with Crippen molar-refractivity contribution >= 4 is 23.1 Å². The second kappa shape index (κ2) is 11.4. The third-order valence-electron chi connectivity index (χ3n) is 7.36. The van der Waals surface area contributed by atoms with E-state index in [1.54, 1.807) is 11.8 Å². The summed E-state index contributed by atoms with van der Waals surface area (Å²) in [6.07, 6.45) is 4.01. The summed E-state index contributed by atoms with van der Waals surface area (Å²) in [4.78, 5) is 7.10. The van der Waals surface area contributed by atoms with E-state index in [0.717, 1.165) is 50.5 Å². The number of ether oxygens (including phenoxy) is 3. The number of rotatable bonds is 6. The molecule has 0 saturated heterocycles. The van der Waals surface area contributed by atoms with Crippen molar-refractivity contribution < 1.29 is 19.3 Å². The largest absolute Gasteiger partial charge is 0.476 e. The molecular formula is C28H38N8O4. The van der Waals surface area contributed by atoms with Gasteiger partial charge in [-0.05, 0) is 53.0 Å². The zero-order chi connectivity index (χ0) is 28.6. The van der Waals surface area contributed by atoms with Crippen LogP contribution in [0.4, 0.5) is 0 Å². The van der Waals surface area contributed by atoms with Crippen molar-refractivity contribution in [2.24, 2.45) is 7.05 Å². The number of aliphatic hydroxyl groups is 1. The maximum absolute atomic E-state index is 10.0. The summed E-state index contributed by atoms with van der Waals surface area (Å²) in [6.45, 7) is 9.68. The maximum Gasteiger partial charge on any atom is 0.240 e. The molecular weight excluding hydrogens is 512 g/mol. The highest BCUT2D eigenvalue weighted by molar-refractivity contribution is 5.93. The predicted octanol–water partition coefficient (Wildman–Crippen LogP) is 3.34. The molecule has 2 bridgehead atoms. The van der Waals surface area contributed by atoms with E-state index in [0.29, 0.717) is 38.1 Å². The molecule has 5 heterocycles. The smallest absolute Gasteiger partial charge is 0.240 e. The SMILES string of the molecule is CCOc1nn(C(C)CO)c2c1/C=C/c1[nH]nc3c(C)nc(cc13)-c1c(COC)nn(C)c1OCC(C)N(C)C2. The number of likely N-dealkylation sites (N-methyl/N-ethyl adjacent to an activating group) is 1. The second-order valence-corrected chi connectivity index (χ2v) is 10.3. The number of aryl methyl sites for hydroxylation is 2. The van der Waals surface area contributed by atoms with Crippen molar-refractivity contribution in [3.63, 3.8) is 0 Å². The van der Waals surface area contributed by atoms with Gasteiger partial charge >= 0.3 is 0 Å². The van der Waals surface area contributed by atoms with E-state index >= 15 is 0 Å². The highest BCUT2D eigenvalue weighted by Gasteiger charge is 2.26. The first-order chi connectivity index (χ1) is 19.3. The van der Waals surface area contributed by atoms with Gasteiger partial charge in [0, 0.05) is 32.1 Å². The summed E-state index contributed by atoms with van der Waals surface area (Å²) in [6, 6.07) is 1.83. The number of nitrogens with one attached hydrogen (secondary N) is 1. The fourth-order valence-electron chi connectivity index (χ4n) is 5.02. The second-order valence-electron chi connectivity index (χ2n) is 10.3. The molecule has 5 rings (SSSR count). The number of pyridine rings is 1. The Labute approximate surface area is 233 Å². The van der Waals surface area contributed by atoms with E-state index in [1.807, 2.05) is 57.8 Å². The summed E-state index contributed by atoms with van der Waals surface area (Å²) >= 11 is 0. The lowest BCUT2D eigenvalue weighted by atomic mass is 10.1. The molecule has 4 aromatic rings. The van der Waals surface area contributed by atoms with Gasteiger partial charge in [0.25, 0.3) is 0 Å². The molecule has 0 saturated carbocycles. The first-order valence-corrected chi connectivity index (χ1v) is 13.5. The molecule has 0 fully saturated rings.